The van der Waals surface area contributed by atoms with Gasteiger partial charge in [0.25, 0.3) is 0 Å². The first-order valence-electron chi connectivity index (χ1n) is 5.16. The molecule has 0 aliphatic rings. The number of hydrogen-bond acceptors (Lipinski definition) is 4. The summed E-state index contributed by atoms with van der Waals surface area (Å²) in [4.78, 5) is 13.0. The molecule has 0 unspecified atom stereocenters. The first-order valence-corrected chi connectivity index (χ1v) is 6.39. The molecule has 0 aromatic heterocycles. The standard InChI is InChI=1S/C12H16N2O2S/c1-14(8-11(13)17-2)12(15)16-9-10-6-4-3-5-7-10/h3-7,13H,8-9H2,1-2H3. The molecule has 1 rings (SSSR count). The van der Waals surface area contributed by atoms with E-state index in [9.17, 15) is 4.79 Å². The van der Waals surface area contributed by atoms with E-state index in [-0.39, 0.29) is 13.2 Å². The van der Waals surface area contributed by atoms with Crippen molar-refractivity contribution in [2.24, 2.45) is 0 Å². The molecule has 0 fully saturated rings. The van der Waals surface area contributed by atoms with Gasteiger partial charge in [-0.2, -0.15) is 0 Å². The van der Waals surface area contributed by atoms with Gasteiger partial charge in [0.05, 0.1) is 11.6 Å². The van der Waals surface area contributed by atoms with Crippen molar-refractivity contribution in [2.45, 2.75) is 6.61 Å². The van der Waals surface area contributed by atoms with E-state index < -0.39 is 6.09 Å². The number of carbonyl (C=O) groups excluding carboxylic acids is 1. The fraction of sp³-hybridized carbons (Fsp3) is 0.333. The summed E-state index contributed by atoms with van der Waals surface area (Å²) in [5, 5.41) is 7.91. The second-order valence-corrected chi connectivity index (χ2v) is 4.42. The van der Waals surface area contributed by atoms with Gasteiger partial charge in [-0.3, -0.25) is 5.41 Å². The Hall–Kier alpha value is -1.49. The van der Waals surface area contributed by atoms with E-state index in [0.29, 0.717) is 5.04 Å². The number of nitrogens with one attached hydrogen (secondary N) is 1. The van der Waals surface area contributed by atoms with E-state index in [4.69, 9.17) is 10.1 Å². The van der Waals surface area contributed by atoms with Gasteiger partial charge in [-0.1, -0.05) is 30.3 Å². The molecular weight excluding hydrogens is 236 g/mol. The molecule has 1 aromatic carbocycles. The van der Waals surface area contributed by atoms with Gasteiger partial charge in [0.2, 0.25) is 0 Å². The smallest absolute Gasteiger partial charge is 0.410 e. The van der Waals surface area contributed by atoms with Gasteiger partial charge < -0.3 is 9.64 Å². The summed E-state index contributed by atoms with van der Waals surface area (Å²) in [5.74, 6) is 0. The number of hydrogen-bond donors (Lipinski definition) is 1. The van der Waals surface area contributed by atoms with Crippen molar-refractivity contribution in [1.82, 2.24) is 4.90 Å². The number of nitrogens with zero attached hydrogens (tertiary/aromatic N) is 1. The van der Waals surface area contributed by atoms with Crippen LogP contribution in [0.5, 0.6) is 0 Å². The van der Waals surface area contributed by atoms with Crippen molar-refractivity contribution in [1.29, 1.82) is 5.41 Å². The number of amides is 1. The van der Waals surface area contributed by atoms with Crippen LogP contribution < -0.4 is 0 Å². The van der Waals surface area contributed by atoms with Crippen LogP contribution in [0.2, 0.25) is 0 Å². The van der Waals surface area contributed by atoms with Gasteiger partial charge in [0.1, 0.15) is 6.61 Å². The molecule has 0 heterocycles. The lowest BCUT2D eigenvalue weighted by Gasteiger charge is -2.16. The molecule has 0 bridgehead atoms. The number of rotatable bonds is 4. The molecule has 5 heteroatoms. The summed E-state index contributed by atoms with van der Waals surface area (Å²) in [5.41, 5.74) is 0.953. The SMILES string of the molecule is CSC(=N)CN(C)C(=O)OCc1ccccc1. The van der Waals surface area contributed by atoms with Crippen LogP contribution in [0.1, 0.15) is 5.56 Å². The largest absolute Gasteiger partial charge is 0.445 e. The molecule has 0 aliphatic heterocycles. The summed E-state index contributed by atoms with van der Waals surface area (Å²) >= 11 is 1.32. The molecule has 0 spiro atoms. The third kappa shape index (κ3) is 4.91. The van der Waals surface area contributed by atoms with Gasteiger partial charge in [0, 0.05) is 7.05 Å². The van der Waals surface area contributed by atoms with E-state index in [1.165, 1.54) is 16.7 Å². The van der Waals surface area contributed by atoms with Crippen molar-refractivity contribution in [3.05, 3.63) is 35.9 Å². The van der Waals surface area contributed by atoms with E-state index >= 15 is 0 Å². The number of benzene rings is 1. The monoisotopic (exact) mass is 252 g/mol. The molecular formula is C12H16N2O2S. The maximum atomic E-state index is 11.6. The van der Waals surface area contributed by atoms with Crippen molar-refractivity contribution < 1.29 is 9.53 Å². The molecule has 1 aromatic rings. The van der Waals surface area contributed by atoms with Gasteiger partial charge in [-0.05, 0) is 11.8 Å². The second kappa shape index (κ2) is 6.96. The highest BCUT2D eigenvalue weighted by atomic mass is 32.2. The van der Waals surface area contributed by atoms with Gasteiger partial charge in [-0.15, -0.1) is 11.8 Å². The quantitative estimate of drug-likeness (QED) is 0.662. The molecule has 0 saturated heterocycles. The van der Waals surface area contributed by atoms with Gasteiger partial charge in [-0.25, -0.2) is 4.79 Å². The summed E-state index contributed by atoms with van der Waals surface area (Å²) in [6.07, 6.45) is 1.40. The second-order valence-electron chi connectivity index (χ2n) is 3.52. The lowest BCUT2D eigenvalue weighted by Crippen LogP contribution is -2.31. The number of ether oxygens (including phenoxy) is 1. The minimum atomic E-state index is -0.410. The highest BCUT2D eigenvalue weighted by Gasteiger charge is 2.11. The first-order chi connectivity index (χ1) is 8.13. The third-order valence-corrected chi connectivity index (χ3v) is 2.77. The summed E-state index contributed by atoms with van der Waals surface area (Å²) in [6.45, 7) is 0.547. The minimum Gasteiger partial charge on any atom is -0.445 e. The Labute approximate surface area is 105 Å². The van der Waals surface area contributed by atoms with Gasteiger partial charge in [0.15, 0.2) is 0 Å². The van der Waals surface area contributed by atoms with Crippen LogP contribution >= 0.6 is 11.8 Å². The summed E-state index contributed by atoms with van der Waals surface area (Å²) in [6, 6.07) is 9.51. The van der Waals surface area contributed by atoms with E-state index in [2.05, 4.69) is 0 Å². The van der Waals surface area contributed by atoms with Crippen LogP contribution in [0.4, 0.5) is 4.79 Å². The Balaban J connectivity index is 2.37. The fourth-order valence-corrected chi connectivity index (χ4v) is 1.50. The lowest BCUT2D eigenvalue weighted by atomic mass is 10.2. The topological polar surface area (TPSA) is 53.4 Å². The number of carbonyl (C=O) groups is 1. The Bertz CT molecular complexity index is 381. The zero-order valence-electron chi connectivity index (χ0n) is 9.97. The fourth-order valence-electron chi connectivity index (χ4n) is 1.17. The molecule has 0 aliphatic carbocycles. The molecule has 92 valence electrons. The van der Waals surface area contributed by atoms with E-state index in [1.54, 1.807) is 7.05 Å². The van der Waals surface area contributed by atoms with Crippen LogP contribution in [0.3, 0.4) is 0 Å². The minimum absolute atomic E-state index is 0.261. The van der Waals surface area contributed by atoms with Crippen LogP contribution in [0.25, 0.3) is 0 Å². The average Bonchev–Trinajstić information content (AvgIpc) is 2.36. The van der Waals surface area contributed by atoms with E-state index in [1.807, 2.05) is 36.6 Å². The average molecular weight is 252 g/mol. The lowest BCUT2D eigenvalue weighted by molar-refractivity contribution is 0.109. The van der Waals surface area contributed by atoms with Crippen molar-refractivity contribution in [3.8, 4) is 0 Å². The zero-order chi connectivity index (χ0) is 12.7. The molecule has 4 nitrogen and oxygen atoms in total. The summed E-state index contributed by atoms with van der Waals surface area (Å²) < 4.78 is 5.12. The Morgan fingerprint density at radius 3 is 2.65 bits per heavy atom. The van der Waals surface area contributed by atoms with Crippen molar-refractivity contribution >= 4 is 22.9 Å². The maximum absolute atomic E-state index is 11.6. The Morgan fingerprint density at radius 1 is 1.41 bits per heavy atom. The van der Waals surface area contributed by atoms with E-state index in [0.717, 1.165) is 5.56 Å². The highest BCUT2D eigenvalue weighted by molar-refractivity contribution is 8.13. The first kappa shape index (κ1) is 13.6. The highest BCUT2D eigenvalue weighted by Crippen LogP contribution is 2.03. The molecule has 1 N–H and O–H groups in total. The number of thioether (sulfide) groups is 1. The Morgan fingerprint density at radius 2 is 2.06 bits per heavy atom. The van der Waals surface area contributed by atoms with Gasteiger partial charge >= 0.3 is 6.09 Å². The van der Waals surface area contributed by atoms with Crippen LogP contribution in [0, 0.1) is 5.41 Å². The predicted molar refractivity (Wildman–Crippen MR) is 70.5 cm³/mol. The third-order valence-electron chi connectivity index (χ3n) is 2.14. The van der Waals surface area contributed by atoms with Crippen LogP contribution in [-0.2, 0) is 11.3 Å². The van der Waals surface area contributed by atoms with Crippen molar-refractivity contribution in [3.63, 3.8) is 0 Å². The summed E-state index contributed by atoms with van der Waals surface area (Å²) in [7, 11) is 1.62. The maximum Gasteiger partial charge on any atom is 0.410 e. The molecule has 1 amide bonds. The van der Waals surface area contributed by atoms with Crippen molar-refractivity contribution in [2.75, 3.05) is 19.8 Å². The van der Waals surface area contributed by atoms with Crippen LogP contribution in [0.15, 0.2) is 30.3 Å². The van der Waals surface area contributed by atoms with Crippen LogP contribution in [-0.4, -0.2) is 35.9 Å². The normalized spacial score (nSPS) is 9.76. The molecule has 0 saturated carbocycles. The predicted octanol–water partition coefficient (Wildman–Crippen LogP) is 2.60. The Kier molecular flexibility index (Phi) is 5.56. The zero-order valence-corrected chi connectivity index (χ0v) is 10.8. The molecule has 0 radical (unpaired) electrons. The molecule has 17 heavy (non-hydrogen) atoms. The molecule has 0 atom stereocenters.